The second kappa shape index (κ2) is 6.10. The van der Waals surface area contributed by atoms with E-state index in [2.05, 4.69) is 22.2 Å². The van der Waals surface area contributed by atoms with Gasteiger partial charge in [-0.3, -0.25) is 0 Å². The number of rotatable bonds is 4. The Labute approximate surface area is 129 Å². The van der Waals surface area contributed by atoms with E-state index in [0.717, 1.165) is 35.2 Å². The molecule has 0 aliphatic rings. The Morgan fingerprint density at radius 2 is 1.76 bits per heavy atom. The highest BCUT2D eigenvalue weighted by Gasteiger charge is 2.10. The highest BCUT2D eigenvalue weighted by Crippen LogP contribution is 2.29. The van der Waals surface area contributed by atoms with Gasteiger partial charge in [0.1, 0.15) is 5.82 Å². The molecule has 0 amide bonds. The molecular formula is C17H16ClN3. The third kappa shape index (κ3) is 2.83. The average molecular weight is 298 g/mol. The van der Waals surface area contributed by atoms with Gasteiger partial charge in [0, 0.05) is 17.5 Å². The summed E-state index contributed by atoms with van der Waals surface area (Å²) in [6, 6.07) is 15.7. The van der Waals surface area contributed by atoms with E-state index >= 15 is 0 Å². The molecule has 3 aromatic rings. The fourth-order valence-electron chi connectivity index (χ4n) is 2.22. The molecule has 0 atom stereocenters. The molecule has 0 aliphatic carbocycles. The summed E-state index contributed by atoms with van der Waals surface area (Å²) in [5, 5.41) is 5.06. The molecule has 0 unspecified atom stereocenters. The van der Waals surface area contributed by atoms with Crippen molar-refractivity contribution in [1.82, 2.24) is 9.97 Å². The Bertz CT molecular complexity index is 771. The lowest BCUT2D eigenvalue weighted by Gasteiger charge is -2.11. The van der Waals surface area contributed by atoms with Gasteiger partial charge in [-0.25, -0.2) is 9.97 Å². The zero-order chi connectivity index (χ0) is 14.7. The number of hydrogen-bond donors (Lipinski definition) is 1. The Balaban J connectivity index is 2.18. The van der Waals surface area contributed by atoms with E-state index in [1.54, 1.807) is 0 Å². The maximum atomic E-state index is 6.27. The maximum absolute atomic E-state index is 6.27. The van der Waals surface area contributed by atoms with Crippen LogP contribution < -0.4 is 5.32 Å². The summed E-state index contributed by atoms with van der Waals surface area (Å²) in [6.07, 6.45) is 1.04. The minimum atomic E-state index is 0.651. The fraction of sp³-hybridized carbons (Fsp3) is 0.176. The topological polar surface area (TPSA) is 37.8 Å². The lowest BCUT2D eigenvalue weighted by Crippen LogP contribution is -2.04. The minimum absolute atomic E-state index is 0.651. The molecule has 106 valence electrons. The lowest BCUT2D eigenvalue weighted by molar-refractivity contribution is 0.970. The molecule has 1 N–H and O–H groups in total. The molecule has 4 heteroatoms. The molecule has 0 spiro atoms. The van der Waals surface area contributed by atoms with E-state index in [-0.39, 0.29) is 0 Å². The van der Waals surface area contributed by atoms with E-state index in [0.29, 0.717) is 10.8 Å². The largest absolute Gasteiger partial charge is 0.369 e. The highest BCUT2D eigenvalue weighted by atomic mass is 35.5. The van der Waals surface area contributed by atoms with Crippen LogP contribution in [0.25, 0.3) is 22.3 Å². The standard InChI is InChI=1S/C17H16ClN3/c1-2-11-19-16-13-8-4-6-10-15(13)20-17(21-16)12-7-3-5-9-14(12)18/h3-10H,2,11H2,1H3,(H,19,20,21). The van der Waals surface area contributed by atoms with Crippen LogP contribution in [-0.2, 0) is 0 Å². The number of hydrogen-bond acceptors (Lipinski definition) is 3. The number of anilines is 1. The summed E-state index contributed by atoms with van der Waals surface area (Å²) >= 11 is 6.27. The Morgan fingerprint density at radius 3 is 2.57 bits per heavy atom. The van der Waals surface area contributed by atoms with Gasteiger partial charge < -0.3 is 5.32 Å². The smallest absolute Gasteiger partial charge is 0.163 e. The molecule has 3 rings (SSSR count). The van der Waals surface area contributed by atoms with Gasteiger partial charge >= 0.3 is 0 Å². The van der Waals surface area contributed by atoms with Gasteiger partial charge in [0.2, 0.25) is 0 Å². The molecule has 1 aromatic heterocycles. The van der Waals surface area contributed by atoms with Crippen LogP contribution in [0, 0.1) is 0 Å². The summed E-state index contributed by atoms with van der Waals surface area (Å²) in [7, 11) is 0. The van der Waals surface area contributed by atoms with Gasteiger partial charge in [0.25, 0.3) is 0 Å². The van der Waals surface area contributed by atoms with Crippen molar-refractivity contribution in [1.29, 1.82) is 0 Å². The van der Waals surface area contributed by atoms with Crippen LogP contribution in [0.4, 0.5) is 5.82 Å². The first-order valence-corrected chi connectivity index (χ1v) is 7.43. The summed E-state index contributed by atoms with van der Waals surface area (Å²) in [5.74, 6) is 1.51. The van der Waals surface area contributed by atoms with Gasteiger partial charge in [0.15, 0.2) is 5.82 Å². The first kappa shape index (κ1) is 13.8. The van der Waals surface area contributed by atoms with Gasteiger partial charge in [0.05, 0.1) is 10.5 Å². The third-order valence-electron chi connectivity index (χ3n) is 3.26. The molecule has 21 heavy (non-hydrogen) atoms. The van der Waals surface area contributed by atoms with Crippen LogP contribution in [0.3, 0.4) is 0 Å². The van der Waals surface area contributed by atoms with Crippen molar-refractivity contribution in [3.63, 3.8) is 0 Å². The number of nitrogens with one attached hydrogen (secondary N) is 1. The van der Waals surface area contributed by atoms with E-state index in [1.807, 2.05) is 48.5 Å². The molecular weight excluding hydrogens is 282 g/mol. The first-order chi connectivity index (χ1) is 10.3. The van der Waals surface area contributed by atoms with Crippen molar-refractivity contribution in [3.8, 4) is 11.4 Å². The third-order valence-corrected chi connectivity index (χ3v) is 3.59. The van der Waals surface area contributed by atoms with Crippen LogP contribution in [0.15, 0.2) is 48.5 Å². The van der Waals surface area contributed by atoms with Crippen molar-refractivity contribution in [2.75, 3.05) is 11.9 Å². The van der Waals surface area contributed by atoms with Crippen molar-refractivity contribution < 1.29 is 0 Å². The highest BCUT2D eigenvalue weighted by molar-refractivity contribution is 6.33. The van der Waals surface area contributed by atoms with Crippen LogP contribution >= 0.6 is 11.6 Å². The molecule has 3 nitrogen and oxygen atoms in total. The summed E-state index contributed by atoms with van der Waals surface area (Å²) in [4.78, 5) is 9.30. The van der Waals surface area contributed by atoms with Gasteiger partial charge in [-0.2, -0.15) is 0 Å². The summed E-state index contributed by atoms with van der Waals surface area (Å²) in [5.41, 5.74) is 1.77. The lowest BCUT2D eigenvalue weighted by atomic mass is 10.2. The Hall–Kier alpha value is -2.13. The number of nitrogens with zero attached hydrogens (tertiary/aromatic N) is 2. The van der Waals surface area contributed by atoms with Crippen LogP contribution in [0.5, 0.6) is 0 Å². The molecule has 0 aliphatic heterocycles. The first-order valence-electron chi connectivity index (χ1n) is 7.05. The van der Waals surface area contributed by atoms with E-state index in [4.69, 9.17) is 11.6 Å². The van der Waals surface area contributed by atoms with Crippen LogP contribution in [0.2, 0.25) is 5.02 Å². The van der Waals surface area contributed by atoms with Crippen molar-refractivity contribution in [2.45, 2.75) is 13.3 Å². The predicted octanol–water partition coefficient (Wildman–Crippen LogP) is 4.77. The zero-order valence-electron chi connectivity index (χ0n) is 11.8. The van der Waals surface area contributed by atoms with Crippen LogP contribution in [0.1, 0.15) is 13.3 Å². The molecule has 1 heterocycles. The number of benzene rings is 2. The van der Waals surface area contributed by atoms with E-state index < -0.39 is 0 Å². The van der Waals surface area contributed by atoms with Crippen molar-refractivity contribution >= 4 is 28.3 Å². The fourth-order valence-corrected chi connectivity index (χ4v) is 2.44. The monoisotopic (exact) mass is 297 g/mol. The Kier molecular flexibility index (Phi) is 4.02. The Morgan fingerprint density at radius 1 is 1.00 bits per heavy atom. The number of halogens is 1. The van der Waals surface area contributed by atoms with Crippen molar-refractivity contribution in [3.05, 3.63) is 53.6 Å². The zero-order valence-corrected chi connectivity index (χ0v) is 12.6. The second-order valence-electron chi connectivity index (χ2n) is 4.82. The van der Waals surface area contributed by atoms with E-state index in [9.17, 15) is 0 Å². The van der Waals surface area contributed by atoms with Gasteiger partial charge in [-0.15, -0.1) is 0 Å². The number of aromatic nitrogens is 2. The predicted molar refractivity (Wildman–Crippen MR) is 88.8 cm³/mol. The average Bonchev–Trinajstić information content (AvgIpc) is 2.53. The van der Waals surface area contributed by atoms with Gasteiger partial charge in [-0.05, 0) is 30.7 Å². The van der Waals surface area contributed by atoms with Crippen molar-refractivity contribution in [2.24, 2.45) is 0 Å². The number of fused-ring (bicyclic) bond motifs is 1. The molecule has 0 saturated heterocycles. The molecule has 0 bridgehead atoms. The maximum Gasteiger partial charge on any atom is 0.163 e. The molecule has 0 saturated carbocycles. The van der Waals surface area contributed by atoms with Crippen LogP contribution in [-0.4, -0.2) is 16.5 Å². The summed E-state index contributed by atoms with van der Waals surface area (Å²) < 4.78 is 0. The van der Waals surface area contributed by atoms with Gasteiger partial charge in [-0.1, -0.05) is 42.8 Å². The minimum Gasteiger partial charge on any atom is -0.369 e. The quantitative estimate of drug-likeness (QED) is 0.753. The molecule has 0 fully saturated rings. The van der Waals surface area contributed by atoms with E-state index in [1.165, 1.54) is 0 Å². The number of para-hydroxylation sites is 1. The molecule has 0 radical (unpaired) electrons. The normalized spacial score (nSPS) is 10.8. The second-order valence-corrected chi connectivity index (χ2v) is 5.23. The SMILES string of the molecule is CCCNc1nc(-c2ccccc2Cl)nc2ccccc12. The molecule has 2 aromatic carbocycles. The summed E-state index contributed by atoms with van der Waals surface area (Å²) in [6.45, 7) is 3.01.